The molecule has 6 heteroatoms. The maximum absolute atomic E-state index is 13.3. The minimum atomic E-state index is -0.467. The molecule has 2 aromatic carbocycles. The summed E-state index contributed by atoms with van der Waals surface area (Å²) in [4.78, 5) is 30.5. The molecule has 154 valence electrons. The van der Waals surface area contributed by atoms with Gasteiger partial charge < -0.3 is 9.88 Å². The summed E-state index contributed by atoms with van der Waals surface area (Å²) in [5, 5.41) is 3.36. The Morgan fingerprint density at radius 3 is 2.55 bits per heavy atom. The number of benzene rings is 2. The lowest BCUT2D eigenvalue weighted by Gasteiger charge is -2.20. The molecule has 2 heterocycles. The quantitative estimate of drug-likeness (QED) is 0.475. The van der Waals surface area contributed by atoms with Crippen LogP contribution >= 0.6 is 11.6 Å². The molecule has 1 N–H and O–H groups in total. The first kappa shape index (κ1) is 20.6. The van der Waals surface area contributed by atoms with Crippen LogP contribution in [0.4, 0.5) is 5.69 Å². The highest BCUT2D eigenvalue weighted by molar-refractivity contribution is 6.30. The number of para-hydroxylation sites is 1. The standard InChI is InChI=1S/C25H20ClN3O2/c1-17-13-22(30)23(25(31)28-21-10-3-2-4-11-21)24(19-8-5-9-20(26)14-19)29(17)16-18-7-6-12-27-15-18/h2-15H,16H2,1H3,(H,28,31). The zero-order valence-corrected chi connectivity index (χ0v) is 17.6. The van der Waals surface area contributed by atoms with Crippen molar-refractivity contribution in [3.05, 3.63) is 117 Å². The van der Waals surface area contributed by atoms with E-state index in [1.807, 2.05) is 47.9 Å². The Labute approximate surface area is 185 Å². The number of anilines is 1. The molecule has 0 aliphatic rings. The van der Waals surface area contributed by atoms with Crippen molar-refractivity contribution < 1.29 is 4.79 Å². The SMILES string of the molecule is Cc1cc(=O)c(C(=O)Nc2ccccc2)c(-c2cccc(Cl)c2)n1Cc1cccnc1. The van der Waals surface area contributed by atoms with E-state index in [0.717, 1.165) is 11.3 Å². The highest BCUT2D eigenvalue weighted by Crippen LogP contribution is 2.27. The van der Waals surface area contributed by atoms with Gasteiger partial charge in [0.25, 0.3) is 5.91 Å². The van der Waals surface area contributed by atoms with E-state index in [0.29, 0.717) is 28.5 Å². The molecule has 0 saturated heterocycles. The molecule has 0 fully saturated rings. The van der Waals surface area contributed by atoms with Gasteiger partial charge in [0.15, 0.2) is 5.43 Å². The first-order valence-electron chi connectivity index (χ1n) is 9.78. The molecule has 0 bridgehead atoms. The summed E-state index contributed by atoms with van der Waals surface area (Å²) in [7, 11) is 0. The van der Waals surface area contributed by atoms with E-state index >= 15 is 0 Å². The average Bonchev–Trinajstić information content (AvgIpc) is 2.76. The van der Waals surface area contributed by atoms with Gasteiger partial charge in [0.05, 0.1) is 5.69 Å². The number of hydrogen-bond donors (Lipinski definition) is 1. The fourth-order valence-corrected chi connectivity index (χ4v) is 3.71. The minimum Gasteiger partial charge on any atom is -0.340 e. The molecule has 2 aromatic heterocycles. The zero-order chi connectivity index (χ0) is 21.8. The van der Waals surface area contributed by atoms with Crippen LogP contribution in [-0.4, -0.2) is 15.5 Å². The van der Waals surface area contributed by atoms with Crippen molar-refractivity contribution in [2.75, 3.05) is 5.32 Å². The monoisotopic (exact) mass is 429 g/mol. The Bertz CT molecular complexity index is 1290. The van der Waals surface area contributed by atoms with Crippen LogP contribution in [0.15, 0.2) is 90.0 Å². The normalized spacial score (nSPS) is 10.6. The van der Waals surface area contributed by atoms with Gasteiger partial charge in [-0.1, -0.05) is 48.0 Å². The Kier molecular flexibility index (Phi) is 5.96. The molecule has 0 atom stereocenters. The first-order chi connectivity index (χ1) is 15.0. The van der Waals surface area contributed by atoms with E-state index in [1.54, 1.807) is 42.7 Å². The lowest BCUT2D eigenvalue weighted by molar-refractivity contribution is 0.102. The predicted molar refractivity (Wildman–Crippen MR) is 124 cm³/mol. The Hall–Kier alpha value is -3.70. The average molecular weight is 430 g/mol. The summed E-state index contributed by atoms with van der Waals surface area (Å²) in [6.45, 7) is 2.30. The zero-order valence-electron chi connectivity index (χ0n) is 16.9. The van der Waals surface area contributed by atoms with Crippen molar-refractivity contribution in [3.8, 4) is 11.3 Å². The molecule has 1 amide bonds. The van der Waals surface area contributed by atoms with Crippen LogP contribution in [0.5, 0.6) is 0 Å². The van der Waals surface area contributed by atoms with Crippen LogP contribution in [0.3, 0.4) is 0 Å². The molecule has 0 saturated carbocycles. The second-order valence-corrected chi connectivity index (χ2v) is 7.59. The van der Waals surface area contributed by atoms with Crippen LogP contribution in [0.2, 0.25) is 5.02 Å². The number of hydrogen-bond acceptors (Lipinski definition) is 3. The third kappa shape index (κ3) is 4.57. The number of nitrogens with one attached hydrogen (secondary N) is 1. The van der Waals surface area contributed by atoms with Gasteiger partial charge in [-0.15, -0.1) is 0 Å². The van der Waals surface area contributed by atoms with E-state index in [9.17, 15) is 9.59 Å². The van der Waals surface area contributed by atoms with Crippen LogP contribution in [0.25, 0.3) is 11.3 Å². The molecule has 4 aromatic rings. The lowest BCUT2D eigenvalue weighted by Crippen LogP contribution is -2.27. The highest BCUT2D eigenvalue weighted by atomic mass is 35.5. The first-order valence-corrected chi connectivity index (χ1v) is 10.2. The second-order valence-electron chi connectivity index (χ2n) is 7.15. The summed E-state index contributed by atoms with van der Waals surface area (Å²) in [6.07, 6.45) is 3.47. The number of carbonyl (C=O) groups is 1. The van der Waals surface area contributed by atoms with Gasteiger partial charge in [0.2, 0.25) is 0 Å². The Balaban J connectivity index is 1.92. The Morgan fingerprint density at radius 1 is 1.03 bits per heavy atom. The smallest absolute Gasteiger partial charge is 0.261 e. The van der Waals surface area contributed by atoms with Crippen molar-refractivity contribution in [2.24, 2.45) is 0 Å². The molecular weight excluding hydrogens is 410 g/mol. The highest BCUT2D eigenvalue weighted by Gasteiger charge is 2.22. The van der Waals surface area contributed by atoms with Crippen molar-refractivity contribution in [1.29, 1.82) is 0 Å². The van der Waals surface area contributed by atoms with E-state index < -0.39 is 5.91 Å². The van der Waals surface area contributed by atoms with Crippen LogP contribution in [-0.2, 0) is 6.54 Å². The number of nitrogens with zero attached hydrogens (tertiary/aromatic N) is 2. The van der Waals surface area contributed by atoms with Crippen molar-refractivity contribution in [1.82, 2.24) is 9.55 Å². The summed E-state index contributed by atoms with van der Waals surface area (Å²) in [5.74, 6) is -0.467. The molecule has 0 unspecified atom stereocenters. The van der Waals surface area contributed by atoms with Gasteiger partial charge in [-0.3, -0.25) is 14.6 Å². The summed E-state index contributed by atoms with van der Waals surface area (Å²) in [5.41, 5.74) is 3.24. The fraction of sp³-hybridized carbons (Fsp3) is 0.0800. The van der Waals surface area contributed by atoms with Gasteiger partial charge in [-0.25, -0.2) is 0 Å². The molecule has 0 aliphatic carbocycles. The number of aryl methyl sites for hydroxylation is 1. The third-order valence-corrected chi connectivity index (χ3v) is 5.17. The maximum atomic E-state index is 13.3. The van der Waals surface area contributed by atoms with Crippen LogP contribution in [0, 0.1) is 6.92 Å². The summed E-state index contributed by atoms with van der Waals surface area (Å²) in [6, 6.07) is 21.5. The lowest BCUT2D eigenvalue weighted by atomic mass is 10.0. The fourth-order valence-electron chi connectivity index (χ4n) is 3.52. The molecule has 4 rings (SSSR count). The van der Waals surface area contributed by atoms with E-state index in [1.165, 1.54) is 6.07 Å². The van der Waals surface area contributed by atoms with Crippen molar-refractivity contribution in [2.45, 2.75) is 13.5 Å². The number of aromatic nitrogens is 2. The van der Waals surface area contributed by atoms with Gasteiger partial charge in [0.1, 0.15) is 5.56 Å². The summed E-state index contributed by atoms with van der Waals surface area (Å²) < 4.78 is 1.95. The predicted octanol–water partition coefficient (Wildman–Crippen LogP) is 5.17. The van der Waals surface area contributed by atoms with Crippen molar-refractivity contribution in [3.63, 3.8) is 0 Å². The topological polar surface area (TPSA) is 64.0 Å². The molecule has 5 nitrogen and oxygen atoms in total. The van der Waals surface area contributed by atoms with Crippen LogP contribution < -0.4 is 10.7 Å². The minimum absolute atomic E-state index is 0.0700. The Morgan fingerprint density at radius 2 is 1.84 bits per heavy atom. The maximum Gasteiger partial charge on any atom is 0.261 e. The largest absolute Gasteiger partial charge is 0.340 e. The molecule has 0 aliphatic heterocycles. The number of carbonyl (C=O) groups excluding carboxylic acids is 1. The van der Waals surface area contributed by atoms with Gasteiger partial charge >= 0.3 is 0 Å². The van der Waals surface area contributed by atoms with E-state index in [4.69, 9.17) is 11.6 Å². The van der Waals surface area contributed by atoms with Gasteiger partial charge in [0, 0.05) is 47.0 Å². The number of amides is 1. The third-order valence-electron chi connectivity index (χ3n) is 4.94. The molecule has 0 spiro atoms. The number of halogens is 1. The molecule has 0 radical (unpaired) electrons. The van der Waals surface area contributed by atoms with E-state index in [2.05, 4.69) is 10.3 Å². The van der Waals surface area contributed by atoms with E-state index in [-0.39, 0.29) is 11.0 Å². The van der Waals surface area contributed by atoms with Crippen molar-refractivity contribution >= 4 is 23.2 Å². The second kappa shape index (κ2) is 8.98. The molecular formula is C25H20ClN3O2. The molecule has 31 heavy (non-hydrogen) atoms. The summed E-state index contributed by atoms with van der Waals surface area (Å²) >= 11 is 6.25. The number of pyridine rings is 2. The van der Waals surface area contributed by atoms with Gasteiger partial charge in [-0.2, -0.15) is 0 Å². The number of rotatable bonds is 5. The van der Waals surface area contributed by atoms with Crippen LogP contribution in [0.1, 0.15) is 21.6 Å². The van der Waals surface area contributed by atoms with Gasteiger partial charge in [-0.05, 0) is 42.8 Å².